The van der Waals surface area contributed by atoms with Gasteiger partial charge in [0.1, 0.15) is 12.4 Å². The van der Waals surface area contributed by atoms with Crippen LogP contribution in [0.3, 0.4) is 0 Å². The molecular weight excluding hydrogens is 425 g/mol. The largest absolute Gasteiger partial charge is 0.368 e. The number of hydrogen-bond acceptors (Lipinski definition) is 3. The zero-order valence-corrected chi connectivity index (χ0v) is 16.7. The third-order valence-electron chi connectivity index (χ3n) is 5.07. The number of carbonyl (C=O) groups is 1. The van der Waals surface area contributed by atoms with Gasteiger partial charge in [0, 0.05) is 54.0 Å². The topological polar surface area (TPSA) is 45.6 Å². The average Bonchev–Trinajstić information content (AvgIpc) is 2.71. The van der Waals surface area contributed by atoms with Gasteiger partial charge in [0.15, 0.2) is 5.43 Å². The molecule has 0 radical (unpaired) electrons. The van der Waals surface area contributed by atoms with Gasteiger partial charge < -0.3 is 14.4 Å². The molecule has 5 nitrogen and oxygen atoms in total. The summed E-state index contributed by atoms with van der Waals surface area (Å²) >= 11 is 3.43. The van der Waals surface area contributed by atoms with Crippen molar-refractivity contribution in [2.75, 3.05) is 31.1 Å². The Morgan fingerprint density at radius 3 is 2.43 bits per heavy atom. The van der Waals surface area contributed by atoms with Gasteiger partial charge in [-0.15, -0.1) is 0 Å². The van der Waals surface area contributed by atoms with Crippen molar-refractivity contribution in [3.63, 3.8) is 0 Å². The van der Waals surface area contributed by atoms with Gasteiger partial charge in [0.05, 0.1) is 5.52 Å². The average molecular weight is 444 g/mol. The number of hydrogen-bond donors (Lipinski definition) is 0. The van der Waals surface area contributed by atoms with Crippen molar-refractivity contribution in [3.05, 3.63) is 75.2 Å². The monoisotopic (exact) mass is 443 g/mol. The van der Waals surface area contributed by atoms with Crippen molar-refractivity contribution in [1.82, 2.24) is 9.47 Å². The molecule has 1 aromatic heterocycles. The maximum Gasteiger partial charge on any atom is 0.242 e. The van der Waals surface area contributed by atoms with E-state index in [4.69, 9.17) is 0 Å². The van der Waals surface area contributed by atoms with E-state index in [-0.39, 0.29) is 23.7 Å². The summed E-state index contributed by atoms with van der Waals surface area (Å²) in [6, 6.07) is 13.4. The molecule has 1 fully saturated rings. The standard InChI is InChI=1S/C21H19BrFN3O2/c22-15-1-6-18-19(13-15)26(8-7-20(18)27)14-21(28)25-11-9-24(10-12-25)17-4-2-16(23)3-5-17/h1-8,13H,9-12,14H2. The lowest BCUT2D eigenvalue weighted by molar-refractivity contribution is -0.132. The predicted molar refractivity (Wildman–Crippen MR) is 111 cm³/mol. The Kier molecular flexibility index (Phi) is 5.17. The molecular formula is C21H19BrFN3O2. The summed E-state index contributed by atoms with van der Waals surface area (Å²) < 4.78 is 15.8. The number of carbonyl (C=O) groups excluding carboxylic acids is 1. The summed E-state index contributed by atoms with van der Waals surface area (Å²) in [4.78, 5) is 28.9. The zero-order chi connectivity index (χ0) is 19.7. The summed E-state index contributed by atoms with van der Waals surface area (Å²) in [7, 11) is 0. The van der Waals surface area contributed by atoms with Gasteiger partial charge in [0.2, 0.25) is 5.91 Å². The van der Waals surface area contributed by atoms with Gasteiger partial charge in [-0.1, -0.05) is 15.9 Å². The molecule has 0 saturated carbocycles. The fraction of sp³-hybridized carbons (Fsp3) is 0.238. The van der Waals surface area contributed by atoms with E-state index in [9.17, 15) is 14.0 Å². The van der Waals surface area contributed by atoms with Gasteiger partial charge in [-0.05, 0) is 42.5 Å². The summed E-state index contributed by atoms with van der Waals surface area (Å²) in [5, 5.41) is 0.597. The van der Waals surface area contributed by atoms with E-state index in [1.807, 2.05) is 21.6 Å². The van der Waals surface area contributed by atoms with E-state index >= 15 is 0 Å². The van der Waals surface area contributed by atoms with Crippen LogP contribution in [-0.2, 0) is 11.3 Å². The molecule has 144 valence electrons. The van der Waals surface area contributed by atoms with Crippen LogP contribution in [0.5, 0.6) is 0 Å². The van der Waals surface area contributed by atoms with Gasteiger partial charge in [-0.2, -0.15) is 0 Å². The van der Waals surface area contributed by atoms with Crippen molar-refractivity contribution in [1.29, 1.82) is 0 Å². The smallest absolute Gasteiger partial charge is 0.242 e. The number of rotatable bonds is 3. The fourth-order valence-corrected chi connectivity index (χ4v) is 3.88. The minimum Gasteiger partial charge on any atom is -0.368 e. The lowest BCUT2D eigenvalue weighted by Gasteiger charge is -2.36. The van der Waals surface area contributed by atoms with Crippen molar-refractivity contribution >= 4 is 38.4 Å². The first-order valence-electron chi connectivity index (χ1n) is 9.08. The molecule has 0 spiro atoms. The lowest BCUT2D eigenvalue weighted by Crippen LogP contribution is -2.49. The SMILES string of the molecule is O=C(Cn1ccc(=O)c2ccc(Br)cc21)N1CCN(c2ccc(F)cc2)CC1. The van der Waals surface area contributed by atoms with Crippen LogP contribution in [0.1, 0.15) is 0 Å². The van der Waals surface area contributed by atoms with E-state index in [2.05, 4.69) is 20.8 Å². The van der Waals surface area contributed by atoms with E-state index in [1.165, 1.54) is 18.2 Å². The van der Waals surface area contributed by atoms with Crippen LogP contribution in [0.4, 0.5) is 10.1 Å². The molecule has 2 aromatic carbocycles. The number of halogens is 2. The normalized spacial score (nSPS) is 14.5. The molecule has 1 aliphatic heterocycles. The number of benzene rings is 2. The zero-order valence-electron chi connectivity index (χ0n) is 15.1. The molecule has 1 aliphatic rings. The summed E-state index contributed by atoms with van der Waals surface area (Å²) in [6.45, 7) is 2.81. The highest BCUT2D eigenvalue weighted by molar-refractivity contribution is 9.10. The Balaban J connectivity index is 1.46. The molecule has 0 atom stereocenters. The highest BCUT2D eigenvalue weighted by atomic mass is 79.9. The lowest BCUT2D eigenvalue weighted by atomic mass is 10.2. The molecule has 1 amide bonds. The first-order valence-corrected chi connectivity index (χ1v) is 9.87. The Morgan fingerprint density at radius 1 is 1.00 bits per heavy atom. The molecule has 3 aromatic rings. The molecule has 0 aliphatic carbocycles. The third-order valence-corrected chi connectivity index (χ3v) is 5.56. The van der Waals surface area contributed by atoms with E-state index in [0.717, 1.165) is 15.7 Å². The number of anilines is 1. The number of piperazine rings is 1. The highest BCUT2D eigenvalue weighted by Crippen LogP contribution is 2.19. The Morgan fingerprint density at radius 2 is 1.71 bits per heavy atom. The second-order valence-electron chi connectivity index (χ2n) is 6.81. The number of pyridine rings is 1. The van der Waals surface area contributed by atoms with Crippen LogP contribution in [0.25, 0.3) is 10.9 Å². The fourth-order valence-electron chi connectivity index (χ4n) is 3.53. The molecule has 4 rings (SSSR count). The minimum atomic E-state index is -0.252. The first kappa shape index (κ1) is 18.7. The molecule has 7 heteroatoms. The Labute approximate surface area is 170 Å². The van der Waals surface area contributed by atoms with Gasteiger partial charge in [-0.3, -0.25) is 9.59 Å². The second kappa shape index (κ2) is 7.75. The third kappa shape index (κ3) is 3.80. The van der Waals surface area contributed by atoms with E-state index in [1.54, 1.807) is 24.4 Å². The molecule has 1 saturated heterocycles. The van der Waals surface area contributed by atoms with Crippen molar-refractivity contribution < 1.29 is 9.18 Å². The van der Waals surface area contributed by atoms with Gasteiger partial charge >= 0.3 is 0 Å². The summed E-state index contributed by atoms with van der Waals surface area (Å²) in [5.74, 6) is -0.235. The highest BCUT2D eigenvalue weighted by Gasteiger charge is 2.21. The van der Waals surface area contributed by atoms with Crippen LogP contribution >= 0.6 is 15.9 Å². The van der Waals surface area contributed by atoms with E-state index < -0.39 is 0 Å². The maximum atomic E-state index is 13.1. The Hall–Kier alpha value is -2.67. The van der Waals surface area contributed by atoms with Gasteiger partial charge in [0.25, 0.3) is 0 Å². The number of amides is 1. The maximum absolute atomic E-state index is 13.1. The van der Waals surface area contributed by atoms with Crippen LogP contribution in [0.2, 0.25) is 0 Å². The first-order chi connectivity index (χ1) is 13.5. The number of aromatic nitrogens is 1. The van der Waals surface area contributed by atoms with Crippen molar-refractivity contribution in [3.8, 4) is 0 Å². The summed E-state index contributed by atoms with van der Waals surface area (Å²) in [5.41, 5.74) is 1.64. The van der Waals surface area contributed by atoms with E-state index in [0.29, 0.717) is 31.6 Å². The Bertz CT molecular complexity index is 1070. The quantitative estimate of drug-likeness (QED) is 0.623. The molecule has 0 unspecified atom stereocenters. The van der Waals surface area contributed by atoms with Crippen molar-refractivity contribution in [2.45, 2.75) is 6.54 Å². The number of fused-ring (bicyclic) bond motifs is 1. The molecule has 28 heavy (non-hydrogen) atoms. The molecule has 0 bridgehead atoms. The minimum absolute atomic E-state index is 0.0173. The van der Waals surface area contributed by atoms with Crippen LogP contribution in [0, 0.1) is 5.82 Å². The van der Waals surface area contributed by atoms with Gasteiger partial charge in [-0.25, -0.2) is 4.39 Å². The predicted octanol–water partition coefficient (Wildman–Crippen LogP) is 3.25. The van der Waals surface area contributed by atoms with Crippen LogP contribution < -0.4 is 10.3 Å². The molecule has 2 heterocycles. The summed E-state index contributed by atoms with van der Waals surface area (Å²) in [6.07, 6.45) is 1.67. The van der Waals surface area contributed by atoms with Crippen LogP contribution in [0.15, 0.2) is 64.0 Å². The van der Waals surface area contributed by atoms with Crippen molar-refractivity contribution in [2.24, 2.45) is 0 Å². The second-order valence-corrected chi connectivity index (χ2v) is 7.73. The number of nitrogens with zero attached hydrogens (tertiary/aromatic N) is 3. The molecule has 0 N–H and O–H groups in total. The van der Waals surface area contributed by atoms with Crippen LogP contribution in [-0.4, -0.2) is 41.6 Å².